The number of rotatable bonds is 4. The maximum atomic E-state index is 11.6. The van der Waals surface area contributed by atoms with Crippen LogP contribution in [-0.2, 0) is 10.0 Å². The van der Waals surface area contributed by atoms with Gasteiger partial charge in [0.25, 0.3) is 15.9 Å². The molecule has 1 rings (SSSR count). The van der Waals surface area contributed by atoms with Crippen LogP contribution in [0.2, 0.25) is 5.22 Å². The summed E-state index contributed by atoms with van der Waals surface area (Å²) in [6.45, 7) is 3.55. The second kappa shape index (κ2) is 5.07. The van der Waals surface area contributed by atoms with Gasteiger partial charge in [0.05, 0.1) is 5.56 Å². The molecule has 17 heavy (non-hydrogen) atoms. The molecule has 0 unspecified atom stereocenters. The van der Waals surface area contributed by atoms with Gasteiger partial charge in [0.1, 0.15) is 0 Å². The molecule has 0 aromatic carbocycles. The SMILES string of the molecule is CNS(=O)(=O)c1cc(C(=O)NC(C)C)c(Cl)o1. The summed E-state index contributed by atoms with van der Waals surface area (Å²) in [7, 11) is -2.51. The smallest absolute Gasteiger partial charge is 0.273 e. The van der Waals surface area contributed by atoms with Gasteiger partial charge in [-0.1, -0.05) is 0 Å². The lowest BCUT2D eigenvalue weighted by Crippen LogP contribution is -2.30. The molecule has 6 nitrogen and oxygen atoms in total. The van der Waals surface area contributed by atoms with Crippen molar-refractivity contribution in [3.05, 3.63) is 16.8 Å². The Morgan fingerprint density at radius 1 is 1.47 bits per heavy atom. The number of amides is 1. The standard InChI is InChI=1S/C9H13ClN2O4S/c1-5(2)12-9(13)6-4-7(16-8(6)10)17(14,15)11-3/h4-5,11H,1-3H3,(H,12,13). The van der Waals surface area contributed by atoms with E-state index < -0.39 is 15.9 Å². The van der Waals surface area contributed by atoms with E-state index in [1.54, 1.807) is 13.8 Å². The molecule has 0 aliphatic heterocycles. The van der Waals surface area contributed by atoms with Crippen LogP contribution in [0.5, 0.6) is 0 Å². The zero-order valence-corrected chi connectivity index (χ0v) is 11.1. The molecular formula is C9H13ClN2O4S. The van der Waals surface area contributed by atoms with Crippen molar-refractivity contribution in [2.75, 3.05) is 7.05 Å². The summed E-state index contributed by atoms with van der Waals surface area (Å²) in [5.41, 5.74) is -0.00538. The van der Waals surface area contributed by atoms with Gasteiger partial charge < -0.3 is 9.73 Å². The van der Waals surface area contributed by atoms with Crippen LogP contribution in [0.4, 0.5) is 0 Å². The molecule has 96 valence electrons. The van der Waals surface area contributed by atoms with Crippen molar-refractivity contribution in [3.8, 4) is 0 Å². The quantitative estimate of drug-likeness (QED) is 0.860. The molecule has 1 heterocycles. The minimum atomic E-state index is -3.74. The van der Waals surface area contributed by atoms with E-state index in [4.69, 9.17) is 16.0 Å². The van der Waals surface area contributed by atoms with Crippen LogP contribution in [0.25, 0.3) is 0 Å². The van der Waals surface area contributed by atoms with Crippen LogP contribution in [-0.4, -0.2) is 27.4 Å². The van der Waals surface area contributed by atoms with Crippen molar-refractivity contribution in [2.24, 2.45) is 0 Å². The summed E-state index contributed by atoms with van der Waals surface area (Å²) in [5, 5.41) is 1.94. The van der Waals surface area contributed by atoms with Crippen molar-refractivity contribution in [1.29, 1.82) is 0 Å². The average Bonchev–Trinajstić information content (AvgIpc) is 2.60. The molecule has 1 aromatic heterocycles. The van der Waals surface area contributed by atoms with E-state index in [2.05, 4.69) is 10.0 Å². The van der Waals surface area contributed by atoms with E-state index in [9.17, 15) is 13.2 Å². The lowest BCUT2D eigenvalue weighted by molar-refractivity contribution is 0.0942. The minimum Gasteiger partial charge on any atom is -0.431 e. The van der Waals surface area contributed by atoms with Crippen molar-refractivity contribution < 1.29 is 17.6 Å². The first-order valence-corrected chi connectivity index (χ1v) is 6.67. The van der Waals surface area contributed by atoms with Gasteiger partial charge in [-0.15, -0.1) is 0 Å². The Labute approximate surface area is 104 Å². The molecule has 0 spiro atoms. The van der Waals surface area contributed by atoms with Crippen LogP contribution < -0.4 is 10.0 Å². The molecule has 0 fully saturated rings. The number of halogens is 1. The van der Waals surface area contributed by atoms with Crippen molar-refractivity contribution >= 4 is 27.5 Å². The molecule has 1 aromatic rings. The second-order valence-electron chi connectivity index (χ2n) is 3.59. The summed E-state index contributed by atoms with van der Waals surface area (Å²) in [4.78, 5) is 11.6. The third kappa shape index (κ3) is 3.21. The number of hydrogen-bond donors (Lipinski definition) is 2. The molecule has 1 amide bonds. The first-order chi connectivity index (χ1) is 7.77. The topological polar surface area (TPSA) is 88.4 Å². The number of carbonyl (C=O) groups excluding carboxylic acids is 1. The fraction of sp³-hybridized carbons (Fsp3) is 0.444. The Morgan fingerprint density at radius 3 is 2.53 bits per heavy atom. The lowest BCUT2D eigenvalue weighted by Gasteiger charge is -2.05. The second-order valence-corrected chi connectivity index (χ2v) is 5.75. The van der Waals surface area contributed by atoms with Crippen LogP contribution in [0.1, 0.15) is 24.2 Å². The van der Waals surface area contributed by atoms with Gasteiger partial charge in [-0.3, -0.25) is 4.79 Å². The predicted molar refractivity (Wildman–Crippen MR) is 62.6 cm³/mol. The van der Waals surface area contributed by atoms with Crippen LogP contribution in [0.3, 0.4) is 0 Å². The van der Waals surface area contributed by atoms with Crippen molar-refractivity contribution in [3.63, 3.8) is 0 Å². The average molecular weight is 281 g/mol. The molecule has 0 radical (unpaired) electrons. The Balaban J connectivity index is 3.09. The molecule has 0 saturated heterocycles. The first kappa shape index (κ1) is 14.0. The maximum absolute atomic E-state index is 11.6. The number of sulfonamides is 1. The van der Waals surface area contributed by atoms with Gasteiger partial charge in [0, 0.05) is 12.1 Å². The van der Waals surface area contributed by atoms with E-state index in [-0.39, 0.29) is 21.9 Å². The van der Waals surface area contributed by atoms with Gasteiger partial charge >= 0.3 is 0 Å². The van der Waals surface area contributed by atoms with E-state index in [1.165, 1.54) is 7.05 Å². The highest BCUT2D eigenvalue weighted by Crippen LogP contribution is 2.24. The van der Waals surface area contributed by atoms with Gasteiger partial charge in [-0.2, -0.15) is 0 Å². The summed E-state index contributed by atoms with van der Waals surface area (Å²) < 4.78 is 29.7. The third-order valence-corrected chi connectivity index (χ3v) is 3.41. The normalized spacial score (nSPS) is 11.8. The van der Waals surface area contributed by atoms with Crippen LogP contribution >= 0.6 is 11.6 Å². The summed E-state index contributed by atoms with van der Waals surface area (Å²) in [6.07, 6.45) is 0. The number of furan rings is 1. The Kier molecular flexibility index (Phi) is 4.18. The van der Waals surface area contributed by atoms with Gasteiger partial charge in [-0.05, 0) is 32.5 Å². The highest BCUT2D eigenvalue weighted by molar-refractivity contribution is 7.89. The summed E-state index contributed by atoms with van der Waals surface area (Å²) in [6, 6.07) is 1.00. The molecule has 2 N–H and O–H groups in total. The molecular weight excluding hydrogens is 268 g/mol. The fourth-order valence-corrected chi connectivity index (χ4v) is 2.01. The highest BCUT2D eigenvalue weighted by Gasteiger charge is 2.23. The van der Waals surface area contributed by atoms with Crippen LogP contribution in [0.15, 0.2) is 15.6 Å². The Bertz CT molecular complexity index is 521. The van der Waals surface area contributed by atoms with Crippen molar-refractivity contribution in [1.82, 2.24) is 10.0 Å². The number of carbonyl (C=O) groups is 1. The summed E-state index contributed by atoms with van der Waals surface area (Å²) in [5.74, 6) is -0.480. The maximum Gasteiger partial charge on any atom is 0.273 e. The molecule has 8 heteroatoms. The van der Waals surface area contributed by atoms with Gasteiger partial charge in [-0.25, -0.2) is 13.1 Å². The lowest BCUT2D eigenvalue weighted by atomic mass is 10.3. The van der Waals surface area contributed by atoms with E-state index in [0.29, 0.717) is 0 Å². The molecule has 0 aliphatic carbocycles. The van der Waals surface area contributed by atoms with E-state index >= 15 is 0 Å². The number of nitrogens with one attached hydrogen (secondary N) is 2. The van der Waals surface area contributed by atoms with Crippen molar-refractivity contribution in [2.45, 2.75) is 25.0 Å². The monoisotopic (exact) mass is 280 g/mol. The van der Waals surface area contributed by atoms with Crippen LogP contribution in [0, 0.1) is 0 Å². The third-order valence-electron chi connectivity index (χ3n) is 1.86. The highest BCUT2D eigenvalue weighted by atomic mass is 35.5. The van der Waals surface area contributed by atoms with E-state index in [0.717, 1.165) is 6.07 Å². The zero-order chi connectivity index (χ0) is 13.2. The van der Waals surface area contributed by atoms with Gasteiger partial charge in [0.2, 0.25) is 10.3 Å². The minimum absolute atomic E-state index is 0.00538. The number of hydrogen-bond acceptors (Lipinski definition) is 4. The molecule has 0 atom stereocenters. The Morgan fingerprint density at radius 2 is 2.06 bits per heavy atom. The van der Waals surface area contributed by atoms with E-state index in [1.807, 2.05) is 0 Å². The first-order valence-electron chi connectivity index (χ1n) is 4.81. The predicted octanol–water partition coefficient (Wildman–Crippen LogP) is 0.979. The largest absolute Gasteiger partial charge is 0.431 e. The Hall–Kier alpha value is -1.05. The molecule has 0 saturated carbocycles. The molecule has 0 aliphatic rings. The molecule has 0 bridgehead atoms. The summed E-state index contributed by atoms with van der Waals surface area (Å²) >= 11 is 5.67. The van der Waals surface area contributed by atoms with Gasteiger partial charge in [0.15, 0.2) is 0 Å². The fourth-order valence-electron chi connectivity index (χ4n) is 1.08. The zero-order valence-electron chi connectivity index (χ0n) is 9.57.